The average molecular weight is 597 g/mol. The third kappa shape index (κ3) is 13.4. The summed E-state index contributed by atoms with van der Waals surface area (Å²) in [5, 5.41) is 8.55. The van der Waals surface area contributed by atoms with Crippen LogP contribution in [0.4, 0.5) is 5.82 Å². The SMILES string of the molecule is COC(=O)c1ccc(CS(C)(=O)=O)nc1.COC(=O)c1ccc(N)nc1.CS(=O)(=O)Cc1ccc(C(=O)O)cn1. The van der Waals surface area contributed by atoms with Crippen LogP contribution >= 0.6 is 0 Å². The van der Waals surface area contributed by atoms with Crippen LogP contribution in [0.25, 0.3) is 0 Å². The van der Waals surface area contributed by atoms with Crippen LogP contribution in [0, 0.1) is 0 Å². The summed E-state index contributed by atoms with van der Waals surface area (Å²) in [6, 6.07) is 8.81. The van der Waals surface area contributed by atoms with E-state index in [1.165, 1.54) is 50.9 Å². The minimum Gasteiger partial charge on any atom is -0.478 e. The van der Waals surface area contributed by atoms with Gasteiger partial charge in [0.05, 0.1) is 53.8 Å². The zero-order valence-corrected chi connectivity index (χ0v) is 23.6. The predicted molar refractivity (Wildman–Crippen MR) is 144 cm³/mol. The molecule has 3 N–H and O–H groups in total. The molecule has 0 aliphatic heterocycles. The Morgan fingerprint density at radius 3 is 1.35 bits per heavy atom. The number of esters is 2. The molecule has 216 valence electrons. The third-order valence-electron chi connectivity index (χ3n) is 4.35. The molecular weight excluding hydrogens is 568 g/mol. The van der Waals surface area contributed by atoms with E-state index in [9.17, 15) is 31.2 Å². The summed E-state index contributed by atoms with van der Waals surface area (Å²) in [6.07, 6.45) is 6.04. The molecule has 0 fully saturated rings. The number of aromatic nitrogens is 3. The number of sulfone groups is 2. The number of anilines is 1. The fourth-order valence-corrected chi connectivity index (χ4v) is 3.98. The quantitative estimate of drug-likeness (QED) is 0.366. The van der Waals surface area contributed by atoms with Gasteiger partial charge in [-0.15, -0.1) is 0 Å². The molecular formula is C24H28N4O10S2. The summed E-state index contributed by atoms with van der Waals surface area (Å²) in [7, 11) is -3.63. The van der Waals surface area contributed by atoms with Gasteiger partial charge in [-0.1, -0.05) is 0 Å². The molecule has 0 aliphatic carbocycles. The molecule has 0 atom stereocenters. The third-order valence-corrected chi connectivity index (χ3v) is 5.99. The molecule has 0 bridgehead atoms. The van der Waals surface area contributed by atoms with Crippen LogP contribution in [0.15, 0.2) is 55.0 Å². The second kappa shape index (κ2) is 15.2. The summed E-state index contributed by atoms with van der Waals surface area (Å²) >= 11 is 0. The van der Waals surface area contributed by atoms with E-state index in [0.29, 0.717) is 28.3 Å². The molecule has 3 aromatic heterocycles. The molecule has 0 aromatic carbocycles. The first-order chi connectivity index (χ1) is 18.5. The number of hydrogen-bond donors (Lipinski definition) is 2. The van der Waals surface area contributed by atoms with E-state index in [0.717, 1.165) is 18.7 Å². The van der Waals surface area contributed by atoms with E-state index < -0.39 is 37.6 Å². The topological polar surface area (TPSA) is 223 Å². The first-order valence-electron chi connectivity index (χ1n) is 10.9. The lowest BCUT2D eigenvalue weighted by Crippen LogP contribution is -2.05. The van der Waals surface area contributed by atoms with Gasteiger partial charge in [-0.3, -0.25) is 9.97 Å². The van der Waals surface area contributed by atoms with E-state index in [4.69, 9.17) is 10.8 Å². The fourth-order valence-electron chi connectivity index (χ4n) is 2.57. The van der Waals surface area contributed by atoms with Crippen molar-refractivity contribution in [3.63, 3.8) is 0 Å². The molecule has 0 radical (unpaired) electrons. The number of hydrogen-bond acceptors (Lipinski definition) is 13. The van der Waals surface area contributed by atoms with E-state index in [2.05, 4.69) is 24.4 Å². The minimum absolute atomic E-state index is 0.0438. The number of methoxy groups -OCH3 is 2. The van der Waals surface area contributed by atoms with Crippen molar-refractivity contribution < 1.29 is 45.8 Å². The van der Waals surface area contributed by atoms with E-state index in [1.807, 2.05) is 0 Å². The molecule has 0 amide bonds. The highest BCUT2D eigenvalue weighted by molar-refractivity contribution is 7.90. The van der Waals surface area contributed by atoms with Gasteiger partial charge < -0.3 is 20.3 Å². The van der Waals surface area contributed by atoms with Gasteiger partial charge in [-0.2, -0.15) is 0 Å². The smallest absolute Gasteiger partial charge is 0.339 e. The number of carbonyl (C=O) groups excluding carboxylic acids is 2. The van der Waals surface area contributed by atoms with Crippen molar-refractivity contribution in [2.75, 3.05) is 32.5 Å². The number of ether oxygens (including phenoxy) is 2. The normalized spacial score (nSPS) is 10.6. The summed E-state index contributed by atoms with van der Waals surface area (Å²) in [6.45, 7) is 0. The van der Waals surface area contributed by atoms with E-state index >= 15 is 0 Å². The Labute approximate surface area is 231 Å². The molecule has 0 saturated heterocycles. The fraction of sp³-hybridized carbons (Fsp3) is 0.250. The number of rotatable bonds is 7. The van der Waals surface area contributed by atoms with Crippen LogP contribution in [0.1, 0.15) is 42.5 Å². The molecule has 14 nitrogen and oxygen atoms in total. The lowest BCUT2D eigenvalue weighted by atomic mass is 10.2. The van der Waals surface area contributed by atoms with Crippen molar-refractivity contribution in [3.05, 3.63) is 83.1 Å². The molecule has 16 heteroatoms. The molecule has 0 spiro atoms. The Balaban J connectivity index is 0.000000304. The zero-order chi connectivity index (χ0) is 30.5. The van der Waals surface area contributed by atoms with Crippen molar-refractivity contribution in [3.8, 4) is 0 Å². The van der Waals surface area contributed by atoms with Gasteiger partial charge in [0.2, 0.25) is 0 Å². The summed E-state index contributed by atoms with van der Waals surface area (Å²) in [5.41, 5.74) is 6.81. The van der Waals surface area contributed by atoms with Gasteiger partial charge >= 0.3 is 17.9 Å². The largest absolute Gasteiger partial charge is 0.478 e. The average Bonchev–Trinajstić information content (AvgIpc) is 2.88. The molecule has 0 unspecified atom stereocenters. The molecule has 40 heavy (non-hydrogen) atoms. The second-order valence-corrected chi connectivity index (χ2v) is 12.3. The highest BCUT2D eigenvalue weighted by Gasteiger charge is 2.09. The standard InChI is InChI=1S/C9H11NO4S.C8H9NO4S.C7H8N2O2/c1-14-9(11)7-3-4-8(10-5-7)6-15(2,12)13;1-14(12,13)5-7-3-2-6(4-9-7)8(10)11;1-11-7(10)5-2-3-6(8)9-4-5/h3-5H,6H2,1-2H3;2-4H,5H2,1H3,(H,10,11);2-4H,1H3,(H2,8,9). The molecule has 0 aliphatic rings. The lowest BCUT2D eigenvalue weighted by Gasteiger charge is -2.00. The lowest BCUT2D eigenvalue weighted by molar-refractivity contribution is 0.0591. The first kappa shape index (κ1) is 33.6. The Kier molecular flexibility index (Phi) is 12.8. The van der Waals surface area contributed by atoms with Crippen molar-refractivity contribution in [2.24, 2.45) is 0 Å². The van der Waals surface area contributed by atoms with Gasteiger partial charge in [0.25, 0.3) is 0 Å². The molecule has 0 saturated carbocycles. The summed E-state index contributed by atoms with van der Waals surface area (Å²) in [4.78, 5) is 43.6. The highest BCUT2D eigenvalue weighted by Crippen LogP contribution is 2.06. The van der Waals surface area contributed by atoms with Crippen LogP contribution in [0.5, 0.6) is 0 Å². The monoisotopic (exact) mass is 596 g/mol. The first-order valence-corrected chi connectivity index (χ1v) is 15.0. The molecule has 3 rings (SSSR count). The number of nitrogen functional groups attached to an aromatic ring is 1. The van der Waals surface area contributed by atoms with Crippen LogP contribution < -0.4 is 5.73 Å². The molecule has 3 aromatic rings. The number of nitrogens with zero attached hydrogens (tertiary/aromatic N) is 3. The van der Waals surface area contributed by atoms with Crippen molar-refractivity contribution in [2.45, 2.75) is 11.5 Å². The second-order valence-electron chi connectivity index (χ2n) is 7.98. The van der Waals surface area contributed by atoms with Gasteiger partial charge in [-0.05, 0) is 36.4 Å². The van der Waals surface area contributed by atoms with Gasteiger partial charge in [-0.25, -0.2) is 36.2 Å². The Hall–Kier alpha value is -4.44. The maximum absolute atomic E-state index is 11.0. The number of aromatic carboxylic acids is 1. The predicted octanol–water partition coefficient (Wildman–Crippen LogP) is 1.19. The van der Waals surface area contributed by atoms with Gasteiger partial charge in [0, 0.05) is 31.1 Å². The summed E-state index contributed by atoms with van der Waals surface area (Å²) < 4.78 is 52.6. The Morgan fingerprint density at radius 1 is 0.700 bits per heavy atom. The van der Waals surface area contributed by atoms with Gasteiger partial charge in [0.15, 0.2) is 19.7 Å². The Morgan fingerprint density at radius 2 is 1.07 bits per heavy atom. The van der Waals surface area contributed by atoms with Crippen molar-refractivity contribution in [1.29, 1.82) is 0 Å². The van der Waals surface area contributed by atoms with Crippen LogP contribution in [-0.2, 0) is 40.7 Å². The van der Waals surface area contributed by atoms with E-state index in [-0.39, 0.29) is 17.1 Å². The molecule has 3 heterocycles. The van der Waals surface area contributed by atoms with Crippen LogP contribution in [-0.4, -0.2) is 81.5 Å². The minimum atomic E-state index is -3.12. The van der Waals surface area contributed by atoms with Crippen molar-refractivity contribution in [1.82, 2.24) is 15.0 Å². The number of carbonyl (C=O) groups is 3. The Bertz CT molecular complexity index is 1510. The number of carboxylic acids is 1. The van der Waals surface area contributed by atoms with E-state index in [1.54, 1.807) is 12.1 Å². The maximum Gasteiger partial charge on any atom is 0.339 e. The number of carboxylic acid groups (broad SMARTS) is 1. The zero-order valence-electron chi connectivity index (χ0n) is 22.0. The van der Waals surface area contributed by atoms with Crippen LogP contribution in [0.3, 0.4) is 0 Å². The number of pyridine rings is 3. The van der Waals surface area contributed by atoms with Crippen LogP contribution in [0.2, 0.25) is 0 Å². The van der Waals surface area contributed by atoms with Crippen molar-refractivity contribution >= 4 is 43.4 Å². The maximum atomic E-state index is 11.0. The summed E-state index contributed by atoms with van der Waals surface area (Å²) in [5.74, 6) is -1.89. The number of nitrogens with two attached hydrogens (primary N) is 1. The highest BCUT2D eigenvalue weighted by atomic mass is 32.2. The van der Waals surface area contributed by atoms with Gasteiger partial charge in [0.1, 0.15) is 5.82 Å².